The van der Waals surface area contributed by atoms with Crippen molar-refractivity contribution in [1.82, 2.24) is 21.1 Å². The van der Waals surface area contributed by atoms with E-state index in [1.165, 1.54) is 19.3 Å². The molecule has 5 heteroatoms. The molecule has 2 saturated heterocycles. The Morgan fingerprint density at radius 2 is 2.00 bits per heavy atom. The summed E-state index contributed by atoms with van der Waals surface area (Å²) in [5.41, 5.74) is 3.52. The number of nitrogens with zero attached hydrogens (tertiary/aromatic N) is 1. The second kappa shape index (κ2) is 6.67. The van der Waals surface area contributed by atoms with Crippen molar-refractivity contribution in [3.05, 3.63) is 0 Å². The first kappa shape index (κ1) is 16.4. The Hall–Kier alpha value is -1.09. The fourth-order valence-corrected chi connectivity index (χ4v) is 5.37. The van der Waals surface area contributed by atoms with Crippen LogP contribution >= 0.6 is 0 Å². The molecule has 2 saturated carbocycles. The maximum absolute atomic E-state index is 12.9. The molecule has 0 aromatic rings. The highest BCUT2D eigenvalue weighted by Gasteiger charge is 2.50. The van der Waals surface area contributed by atoms with Gasteiger partial charge in [-0.2, -0.15) is 0 Å². The van der Waals surface area contributed by atoms with Gasteiger partial charge in [0.1, 0.15) is 0 Å². The van der Waals surface area contributed by atoms with E-state index in [-0.39, 0.29) is 18.0 Å². The maximum Gasteiger partial charge on any atom is 0.227 e. The summed E-state index contributed by atoms with van der Waals surface area (Å²) < 4.78 is 0. The number of hydrogen-bond donors (Lipinski definition) is 3. The Morgan fingerprint density at radius 1 is 1.21 bits per heavy atom. The molecule has 3 N–H and O–H groups in total. The fraction of sp³-hybridized carbons (Fsp3) is 0.842. The van der Waals surface area contributed by atoms with Crippen LogP contribution in [0.4, 0.5) is 0 Å². The van der Waals surface area contributed by atoms with Crippen LogP contribution in [0.2, 0.25) is 0 Å². The molecule has 0 aromatic heterocycles. The van der Waals surface area contributed by atoms with Gasteiger partial charge in [0.15, 0.2) is 0 Å². The van der Waals surface area contributed by atoms with Crippen LogP contribution in [0.15, 0.2) is 0 Å². The van der Waals surface area contributed by atoms with Crippen LogP contribution in [0.3, 0.4) is 0 Å². The van der Waals surface area contributed by atoms with Gasteiger partial charge in [-0.05, 0) is 51.4 Å². The van der Waals surface area contributed by atoms with Crippen LogP contribution in [0.25, 0.3) is 0 Å². The van der Waals surface area contributed by atoms with Crippen LogP contribution in [0, 0.1) is 30.1 Å². The first-order valence-corrected chi connectivity index (χ1v) is 9.71. The summed E-state index contributed by atoms with van der Waals surface area (Å²) in [5, 5.41) is 9.37. The molecule has 5 unspecified atom stereocenters. The summed E-state index contributed by atoms with van der Waals surface area (Å²) in [5.74, 6) is 4.18. The molecule has 4 rings (SSSR count). The lowest BCUT2D eigenvalue weighted by molar-refractivity contribution is -0.127. The van der Waals surface area contributed by atoms with E-state index in [1.807, 2.05) is 0 Å². The highest BCUT2D eigenvalue weighted by molar-refractivity contribution is 5.80. The lowest BCUT2D eigenvalue weighted by Gasteiger charge is -2.44. The molecule has 0 aromatic carbocycles. The number of fused-ring (bicyclic) bond motifs is 3. The first-order valence-electron chi connectivity index (χ1n) is 9.71. The van der Waals surface area contributed by atoms with E-state index in [9.17, 15) is 4.79 Å². The number of carbonyl (C=O) groups is 1. The molecule has 0 radical (unpaired) electrons. The average Bonchev–Trinajstić information content (AvgIpc) is 3.22. The molecular weight excluding hydrogens is 300 g/mol. The monoisotopic (exact) mass is 330 g/mol. The van der Waals surface area contributed by atoms with Crippen molar-refractivity contribution in [2.45, 2.75) is 76.2 Å². The highest BCUT2D eigenvalue weighted by atomic mass is 16.2. The highest BCUT2D eigenvalue weighted by Crippen LogP contribution is 2.38. The Morgan fingerprint density at radius 3 is 2.75 bits per heavy atom. The molecule has 0 spiro atoms. The molecule has 24 heavy (non-hydrogen) atoms. The van der Waals surface area contributed by atoms with Crippen LogP contribution in [0.5, 0.6) is 0 Å². The van der Waals surface area contributed by atoms with Gasteiger partial charge in [-0.25, -0.2) is 5.01 Å². The largest absolute Gasteiger partial charge is 0.353 e. The molecule has 5 atom stereocenters. The molecule has 132 valence electrons. The van der Waals surface area contributed by atoms with Crippen LogP contribution in [-0.4, -0.2) is 41.8 Å². The van der Waals surface area contributed by atoms with Crippen molar-refractivity contribution in [3.63, 3.8) is 0 Å². The van der Waals surface area contributed by atoms with Gasteiger partial charge in [0.05, 0.1) is 12.1 Å². The third-order valence-electron chi connectivity index (χ3n) is 6.79. The minimum atomic E-state index is -0.000595. The molecule has 2 heterocycles. The van der Waals surface area contributed by atoms with Gasteiger partial charge in [-0.1, -0.05) is 6.42 Å². The number of carbonyl (C=O) groups excluding carboxylic acids is 1. The van der Waals surface area contributed by atoms with Crippen molar-refractivity contribution in [2.75, 3.05) is 6.54 Å². The predicted octanol–water partition coefficient (Wildman–Crippen LogP) is 1.22. The number of hydrogen-bond acceptors (Lipinski definition) is 4. The summed E-state index contributed by atoms with van der Waals surface area (Å²) in [6.07, 6.45) is 13.6. The van der Waals surface area contributed by atoms with Gasteiger partial charge in [0.2, 0.25) is 5.91 Å². The minimum Gasteiger partial charge on any atom is -0.353 e. The first-order chi connectivity index (χ1) is 11.7. The summed E-state index contributed by atoms with van der Waals surface area (Å²) in [6, 6.07) is 1.39. The molecule has 4 fully saturated rings. The molecule has 2 aliphatic heterocycles. The molecule has 2 aliphatic carbocycles. The SMILES string of the molecule is C#CC1CCC(NC(=O)C2CNN3C4CCCC4C(C)NC23)CC1. The number of hydrazine groups is 1. The molecule has 5 nitrogen and oxygen atoms in total. The van der Waals surface area contributed by atoms with Gasteiger partial charge < -0.3 is 5.32 Å². The second-order valence-corrected chi connectivity index (χ2v) is 8.16. The van der Waals surface area contributed by atoms with E-state index in [4.69, 9.17) is 6.42 Å². The number of amides is 1. The van der Waals surface area contributed by atoms with E-state index >= 15 is 0 Å². The van der Waals surface area contributed by atoms with E-state index in [0.717, 1.165) is 38.1 Å². The van der Waals surface area contributed by atoms with Crippen LogP contribution < -0.4 is 16.1 Å². The molecule has 4 aliphatic rings. The van der Waals surface area contributed by atoms with E-state index < -0.39 is 0 Å². The van der Waals surface area contributed by atoms with Crippen molar-refractivity contribution in [1.29, 1.82) is 0 Å². The summed E-state index contributed by atoms with van der Waals surface area (Å²) in [6.45, 7) is 3.04. The zero-order valence-corrected chi connectivity index (χ0v) is 14.6. The summed E-state index contributed by atoms with van der Waals surface area (Å²) in [4.78, 5) is 12.9. The standard InChI is InChI=1S/C19H30N4O/c1-3-13-7-9-14(10-8-13)22-19(24)16-11-20-23-17-6-4-5-15(17)12(2)21-18(16)23/h1,12-18,20-21H,4-11H2,2H3,(H,22,24). The molecular formula is C19H30N4O. The third-order valence-corrected chi connectivity index (χ3v) is 6.79. The fourth-order valence-electron chi connectivity index (χ4n) is 5.37. The smallest absolute Gasteiger partial charge is 0.227 e. The lowest BCUT2D eigenvalue weighted by Crippen LogP contribution is -2.64. The Labute approximate surface area is 145 Å². The van der Waals surface area contributed by atoms with Crippen molar-refractivity contribution in [2.24, 2.45) is 17.8 Å². The van der Waals surface area contributed by atoms with Crippen molar-refractivity contribution in [3.8, 4) is 12.3 Å². The van der Waals surface area contributed by atoms with Crippen LogP contribution in [0.1, 0.15) is 51.9 Å². The van der Waals surface area contributed by atoms with Crippen LogP contribution in [-0.2, 0) is 4.79 Å². The number of rotatable bonds is 2. The van der Waals surface area contributed by atoms with Gasteiger partial charge in [-0.15, -0.1) is 12.3 Å². The maximum atomic E-state index is 12.9. The Balaban J connectivity index is 1.37. The third kappa shape index (κ3) is 2.85. The zero-order chi connectivity index (χ0) is 16.7. The number of nitrogens with one attached hydrogen (secondary N) is 3. The Kier molecular flexibility index (Phi) is 4.55. The Bertz CT molecular complexity index is 522. The average molecular weight is 330 g/mol. The molecule has 1 amide bonds. The second-order valence-electron chi connectivity index (χ2n) is 8.16. The van der Waals surface area contributed by atoms with Crippen molar-refractivity contribution >= 4 is 5.91 Å². The normalized spacial score (nSPS) is 45.2. The topological polar surface area (TPSA) is 56.4 Å². The van der Waals surface area contributed by atoms with E-state index in [0.29, 0.717) is 24.0 Å². The lowest BCUT2D eigenvalue weighted by atomic mass is 9.86. The van der Waals surface area contributed by atoms with Gasteiger partial charge in [-0.3, -0.25) is 15.5 Å². The van der Waals surface area contributed by atoms with E-state index in [1.54, 1.807) is 0 Å². The van der Waals surface area contributed by atoms with Gasteiger partial charge >= 0.3 is 0 Å². The van der Waals surface area contributed by atoms with Crippen molar-refractivity contribution < 1.29 is 4.79 Å². The minimum absolute atomic E-state index is 0.000595. The number of terminal acetylenes is 1. The molecule has 0 bridgehead atoms. The zero-order valence-electron chi connectivity index (χ0n) is 14.6. The van der Waals surface area contributed by atoms with Gasteiger partial charge in [0, 0.05) is 30.6 Å². The van der Waals surface area contributed by atoms with E-state index in [2.05, 4.69) is 33.9 Å². The quantitative estimate of drug-likeness (QED) is 0.667. The summed E-state index contributed by atoms with van der Waals surface area (Å²) >= 11 is 0. The predicted molar refractivity (Wildman–Crippen MR) is 93.6 cm³/mol. The van der Waals surface area contributed by atoms with Gasteiger partial charge in [0.25, 0.3) is 0 Å². The summed E-state index contributed by atoms with van der Waals surface area (Å²) in [7, 11) is 0.